The number of hydrogen-bond acceptors (Lipinski definition) is 22. The number of amides is 12. The Morgan fingerprint density at radius 1 is 0.308 bits per heavy atom. The molecule has 0 spiro atoms. The fourth-order valence-corrected chi connectivity index (χ4v) is 12.3. The van der Waals surface area contributed by atoms with Crippen molar-refractivity contribution >= 4 is 94.7 Å². The van der Waals surface area contributed by atoms with E-state index >= 15 is 0 Å². The molecular formula is C64H114N22O18. The lowest BCUT2D eigenvalue weighted by molar-refractivity contribution is -0.142. The Bertz CT molecular complexity index is 2720. The van der Waals surface area contributed by atoms with E-state index in [1.807, 2.05) is 0 Å². The third-order valence-electron chi connectivity index (χ3n) is 18.0. The molecule has 2 aliphatic carbocycles. The number of aliphatic hydroxyl groups excluding tert-OH is 2. The highest BCUT2D eigenvalue weighted by atomic mass is 16.4. The number of nitrogens with zero attached hydrogens (tertiary/aromatic N) is 2. The van der Waals surface area contributed by atoms with Crippen LogP contribution < -0.4 is 110 Å². The van der Waals surface area contributed by atoms with E-state index in [0.29, 0.717) is 51.4 Å². The van der Waals surface area contributed by atoms with Crippen LogP contribution in [0.2, 0.25) is 0 Å². The van der Waals surface area contributed by atoms with Gasteiger partial charge >= 0.3 is 11.9 Å². The first kappa shape index (κ1) is 89.1. The maximum Gasteiger partial charge on any atom is 0.305 e. The first-order chi connectivity index (χ1) is 49.6. The van der Waals surface area contributed by atoms with Crippen LogP contribution in [0.4, 0.5) is 0 Å². The summed E-state index contributed by atoms with van der Waals surface area (Å²) in [5.74, 6) is -18.0. The minimum atomic E-state index is -1.92. The first-order valence-electron chi connectivity index (χ1n) is 35.8. The van der Waals surface area contributed by atoms with Gasteiger partial charge in [0.25, 0.3) is 0 Å². The number of nitrogens with one attached hydrogen (secondary N) is 12. The largest absolute Gasteiger partial charge is 0.481 e. The topological polar surface area (TPSA) is 697 Å². The van der Waals surface area contributed by atoms with Crippen LogP contribution in [-0.4, -0.2) is 240 Å². The summed E-state index contributed by atoms with van der Waals surface area (Å²) in [6.07, 6.45) is 1.92. The summed E-state index contributed by atoms with van der Waals surface area (Å²) in [5, 5.41) is 71.8. The summed E-state index contributed by atoms with van der Waals surface area (Å²) < 4.78 is 0. The Hall–Kier alpha value is -9.12. The molecule has 0 radical (unpaired) electrons. The minimum absolute atomic E-state index is 0.0256. The lowest BCUT2D eigenvalue weighted by Gasteiger charge is -2.34. The molecule has 0 unspecified atom stereocenters. The summed E-state index contributed by atoms with van der Waals surface area (Å²) in [5.41, 5.74) is 45.5. The van der Waals surface area contributed by atoms with Crippen molar-refractivity contribution in [3.63, 3.8) is 0 Å². The van der Waals surface area contributed by atoms with Gasteiger partial charge in [0, 0.05) is 25.2 Å². The number of rotatable bonds is 30. The number of carbonyl (C=O) groups excluding carboxylic acids is 12. The average molecular weight is 1480 g/mol. The van der Waals surface area contributed by atoms with Crippen molar-refractivity contribution in [2.45, 2.75) is 239 Å². The molecule has 0 aromatic heterocycles. The van der Waals surface area contributed by atoms with Crippen LogP contribution in [0.3, 0.4) is 0 Å². The van der Waals surface area contributed by atoms with Gasteiger partial charge in [-0.2, -0.15) is 0 Å². The zero-order valence-electron chi connectivity index (χ0n) is 59.1. The molecule has 588 valence electrons. The van der Waals surface area contributed by atoms with Crippen LogP contribution in [0.5, 0.6) is 0 Å². The zero-order valence-corrected chi connectivity index (χ0v) is 59.1. The van der Waals surface area contributed by atoms with Gasteiger partial charge in [-0.25, -0.2) is 0 Å². The average Bonchev–Trinajstić information content (AvgIpc) is 0.841. The fourth-order valence-electron chi connectivity index (χ4n) is 12.3. The second-order valence-corrected chi connectivity index (χ2v) is 26.2. The number of aliphatic carboxylic acids is 2. The summed E-state index contributed by atoms with van der Waals surface area (Å²) in [7, 11) is 0. The number of fused-ring (bicyclic) bond motifs is 2. The molecule has 2 saturated carbocycles. The Kier molecular flexibility index (Phi) is 41.8. The van der Waals surface area contributed by atoms with Crippen LogP contribution in [0, 0.1) is 11.8 Å². The highest BCUT2D eigenvalue weighted by molar-refractivity contribution is 6.00. The first-order valence-corrected chi connectivity index (χ1v) is 35.8. The molecular weight excluding hydrogens is 1360 g/mol. The van der Waals surface area contributed by atoms with Crippen LogP contribution >= 0.6 is 0 Å². The minimum Gasteiger partial charge on any atom is -0.481 e. The Morgan fingerprint density at radius 3 is 0.779 bits per heavy atom. The van der Waals surface area contributed by atoms with Gasteiger partial charge in [-0.3, -0.25) is 77.1 Å². The molecule has 0 bridgehead atoms. The van der Waals surface area contributed by atoms with Crippen molar-refractivity contribution in [3.8, 4) is 0 Å². The maximum atomic E-state index is 14.6. The van der Waals surface area contributed by atoms with E-state index in [1.165, 1.54) is 0 Å². The highest BCUT2D eigenvalue weighted by Crippen LogP contribution is 2.27. The second-order valence-electron chi connectivity index (χ2n) is 26.2. The standard InChI is InChI=1S/C64H114N22O18/c65-25-9-5-19-39-55(97)79-43(23-13-29-73-63(69)70)53(95)75-37-17-3-1-15-35(37)51(93)83-45(31-49(89)90)59(101)85-47(33-87)61(103)81-41(21-7-11-27-67)58(100)78-40(20-6-10-26-66)56(98)80-44(24-14-30-74-64(71)72)54(96)76-38-18-4-2-16-36(38)52(94)84-46(32-50(91)92)60(102)86-48(34-88)62(104)82-42(57(99)77-39)22-8-12-28-68/h35-48,87-88H,1-34,65-68H2,(H,75,95)(H,76,96)(H,77,99)(H,78,100)(H,79,97)(H,80,98)(H,81,103)(H,82,104)(H,83,93)(H,84,94)(H,85,101)(H,86,102)(H,89,90)(H,91,92)(H4,69,70,73)(H4,71,72,74)/t35-,36-,37-,38-,39-,40-,41-,42-,43-,44-,45-,46-,47-,48-/m0/s1. The van der Waals surface area contributed by atoms with Crippen molar-refractivity contribution in [1.82, 2.24) is 63.8 Å². The van der Waals surface area contributed by atoms with E-state index in [2.05, 4.69) is 73.8 Å². The third-order valence-corrected chi connectivity index (χ3v) is 18.0. The monoisotopic (exact) mass is 1480 g/mol. The molecule has 3 aliphatic rings. The molecule has 1 aliphatic heterocycles. The summed E-state index contributed by atoms with van der Waals surface area (Å²) >= 11 is 0. The summed E-state index contributed by atoms with van der Waals surface area (Å²) in [6, 6.07) is -18.4. The number of carbonyl (C=O) groups is 14. The number of aliphatic imine (C=N–C) groups is 2. The van der Waals surface area contributed by atoms with Crippen molar-refractivity contribution in [1.29, 1.82) is 0 Å². The number of nitrogens with two attached hydrogens (primary N) is 8. The Balaban J connectivity index is 2.27. The highest BCUT2D eigenvalue weighted by Gasteiger charge is 2.41. The summed E-state index contributed by atoms with van der Waals surface area (Å²) in [6.45, 7) is -1.68. The second kappa shape index (κ2) is 48.8. The molecule has 104 heavy (non-hydrogen) atoms. The van der Waals surface area contributed by atoms with Gasteiger partial charge in [0.2, 0.25) is 70.9 Å². The van der Waals surface area contributed by atoms with Gasteiger partial charge in [-0.05, 0) is 155 Å². The molecule has 1 heterocycles. The molecule has 0 aromatic rings. The van der Waals surface area contributed by atoms with Gasteiger partial charge in [0.1, 0.15) is 60.4 Å². The molecule has 12 amide bonds. The third kappa shape index (κ3) is 32.7. The number of hydrogen-bond donors (Lipinski definition) is 24. The van der Waals surface area contributed by atoms with Crippen LogP contribution in [0.15, 0.2) is 9.98 Å². The number of unbranched alkanes of at least 4 members (excludes halogenated alkanes) is 4. The van der Waals surface area contributed by atoms with Crippen LogP contribution in [0.25, 0.3) is 0 Å². The zero-order chi connectivity index (χ0) is 77.3. The normalized spacial score (nSPS) is 26.8. The van der Waals surface area contributed by atoms with E-state index in [1.54, 1.807) is 0 Å². The predicted molar refractivity (Wildman–Crippen MR) is 377 cm³/mol. The smallest absolute Gasteiger partial charge is 0.305 e. The van der Waals surface area contributed by atoms with Gasteiger partial charge in [0.15, 0.2) is 11.9 Å². The number of carboxylic acid groups (broad SMARTS) is 2. The maximum absolute atomic E-state index is 14.6. The summed E-state index contributed by atoms with van der Waals surface area (Å²) in [4.78, 5) is 205. The molecule has 40 nitrogen and oxygen atoms in total. The van der Waals surface area contributed by atoms with E-state index in [0.717, 1.165) is 0 Å². The van der Waals surface area contributed by atoms with Crippen LogP contribution in [-0.2, 0) is 67.1 Å². The number of aliphatic hydroxyl groups is 2. The van der Waals surface area contributed by atoms with E-state index in [9.17, 15) is 87.5 Å². The van der Waals surface area contributed by atoms with Gasteiger partial charge in [0.05, 0.1) is 37.9 Å². The van der Waals surface area contributed by atoms with Crippen LogP contribution in [0.1, 0.15) is 167 Å². The molecule has 3 rings (SSSR count). The quantitative estimate of drug-likeness (QED) is 0.0180. The van der Waals surface area contributed by atoms with E-state index in [-0.39, 0.29) is 154 Å². The predicted octanol–water partition coefficient (Wildman–Crippen LogP) is -8.24. The molecule has 40 heteroatoms. The van der Waals surface area contributed by atoms with Gasteiger partial charge in [-0.15, -0.1) is 0 Å². The van der Waals surface area contributed by atoms with Gasteiger partial charge in [-0.1, -0.05) is 25.7 Å². The van der Waals surface area contributed by atoms with Crippen molar-refractivity contribution in [3.05, 3.63) is 0 Å². The van der Waals surface area contributed by atoms with Crippen molar-refractivity contribution in [2.24, 2.45) is 67.7 Å². The lowest BCUT2D eigenvalue weighted by Crippen LogP contribution is -2.61. The lowest BCUT2D eigenvalue weighted by atomic mass is 9.83. The Labute approximate surface area is 603 Å². The van der Waals surface area contributed by atoms with Crippen molar-refractivity contribution in [2.75, 3.05) is 52.5 Å². The molecule has 1 saturated heterocycles. The fraction of sp³-hybridized carbons (Fsp3) is 0.750. The molecule has 0 aromatic carbocycles. The van der Waals surface area contributed by atoms with Crippen molar-refractivity contribution < 1.29 is 87.5 Å². The number of carboxylic acids is 2. The number of guanidine groups is 2. The molecule has 3 fully saturated rings. The van der Waals surface area contributed by atoms with E-state index in [4.69, 9.17) is 45.9 Å². The molecule has 14 atom stereocenters. The Morgan fingerprint density at radius 2 is 0.529 bits per heavy atom. The molecule has 32 N–H and O–H groups in total. The van der Waals surface area contributed by atoms with E-state index < -0.39 is 193 Å². The SMILES string of the molecule is NCCCC[C@@H]1NC(=O)[C@H](CO)NC(=O)[C@H](CC(=O)O)NC(=O)[C@H]2CCCC[C@@H]2NC(=O)[C@H](CCCN=C(N)N)NC(=O)[C@H](CCCCN)NC(=O)[C@H](CCCCN)NC(=O)[C@H](CO)NC(=O)[C@H](CC(=O)O)NC(=O)[C@H]2CCCC[C@@H]2NC(=O)[C@H](CCCN=C(N)N)NC(=O)[C@H](CCCCN)NC1=O. The van der Waals surface area contributed by atoms with Gasteiger partial charge < -0.3 is 130 Å².